The van der Waals surface area contributed by atoms with Crippen molar-refractivity contribution in [3.63, 3.8) is 0 Å². The van der Waals surface area contributed by atoms with Crippen LogP contribution in [0.5, 0.6) is 5.88 Å². The summed E-state index contributed by atoms with van der Waals surface area (Å²) in [4.78, 5) is 10.7. The molecule has 2 rings (SSSR count). The summed E-state index contributed by atoms with van der Waals surface area (Å²) in [5.74, 6) is 2.18. The lowest BCUT2D eigenvalue weighted by atomic mass is 10.1. The number of ether oxygens (including phenoxy) is 1. The lowest BCUT2D eigenvalue weighted by Gasteiger charge is -2.13. The Hall–Kier alpha value is -1.36. The number of hydrogen-bond donors (Lipinski definition) is 1. The molecular formula is C13H22N4O. The van der Waals surface area contributed by atoms with Gasteiger partial charge in [0.1, 0.15) is 12.1 Å². The van der Waals surface area contributed by atoms with Crippen molar-refractivity contribution in [2.75, 3.05) is 32.0 Å². The molecule has 1 saturated heterocycles. The highest BCUT2D eigenvalue weighted by Crippen LogP contribution is 2.16. The average molecular weight is 250 g/mol. The third-order valence-corrected chi connectivity index (χ3v) is 3.06. The van der Waals surface area contributed by atoms with Crippen molar-refractivity contribution < 1.29 is 4.74 Å². The van der Waals surface area contributed by atoms with E-state index in [1.807, 2.05) is 19.9 Å². The highest BCUT2D eigenvalue weighted by atomic mass is 16.5. The van der Waals surface area contributed by atoms with E-state index < -0.39 is 0 Å². The van der Waals surface area contributed by atoms with Gasteiger partial charge in [0.2, 0.25) is 5.88 Å². The molecule has 5 heteroatoms. The number of nitrogens with one attached hydrogen (secondary N) is 1. The number of hydrogen-bond acceptors (Lipinski definition) is 5. The SMILES string of the molecule is CC(C)Oc1cc(NCC2CCN(C)C2)ncn1. The molecule has 0 aromatic carbocycles. The molecule has 18 heavy (non-hydrogen) atoms. The van der Waals surface area contributed by atoms with Crippen LogP contribution < -0.4 is 10.1 Å². The standard InChI is InChI=1S/C13H22N4O/c1-10(2)18-13-6-12(15-9-16-13)14-7-11-4-5-17(3)8-11/h6,9-11H,4-5,7-8H2,1-3H3,(H,14,15,16). The van der Waals surface area contributed by atoms with E-state index in [2.05, 4.69) is 27.2 Å². The summed E-state index contributed by atoms with van der Waals surface area (Å²) in [6.07, 6.45) is 2.93. The number of rotatable bonds is 5. The first-order valence-electron chi connectivity index (χ1n) is 6.54. The van der Waals surface area contributed by atoms with Gasteiger partial charge in [-0.25, -0.2) is 9.97 Å². The van der Waals surface area contributed by atoms with Gasteiger partial charge in [-0.05, 0) is 39.8 Å². The second-order valence-corrected chi connectivity index (χ2v) is 5.21. The molecule has 0 radical (unpaired) electrons. The van der Waals surface area contributed by atoms with Gasteiger partial charge < -0.3 is 15.0 Å². The highest BCUT2D eigenvalue weighted by molar-refractivity contribution is 5.37. The maximum atomic E-state index is 5.54. The summed E-state index contributed by atoms with van der Waals surface area (Å²) in [7, 11) is 2.17. The maximum absolute atomic E-state index is 5.54. The molecule has 1 aromatic rings. The number of nitrogens with zero attached hydrogens (tertiary/aromatic N) is 3. The van der Waals surface area contributed by atoms with Crippen LogP contribution in [-0.4, -0.2) is 47.7 Å². The summed E-state index contributed by atoms with van der Waals surface area (Å²) >= 11 is 0. The molecule has 1 fully saturated rings. The molecule has 0 aliphatic carbocycles. The predicted octanol–water partition coefficient (Wildman–Crippen LogP) is 1.63. The van der Waals surface area contributed by atoms with Crippen LogP contribution in [-0.2, 0) is 0 Å². The molecule has 2 heterocycles. The third-order valence-electron chi connectivity index (χ3n) is 3.06. The van der Waals surface area contributed by atoms with Gasteiger partial charge in [-0.15, -0.1) is 0 Å². The molecule has 1 atom stereocenters. The van der Waals surface area contributed by atoms with E-state index in [4.69, 9.17) is 4.74 Å². The number of aromatic nitrogens is 2. The minimum atomic E-state index is 0.135. The van der Waals surface area contributed by atoms with Crippen LogP contribution in [0.3, 0.4) is 0 Å². The minimum absolute atomic E-state index is 0.135. The molecular weight excluding hydrogens is 228 g/mol. The Morgan fingerprint density at radius 1 is 1.50 bits per heavy atom. The van der Waals surface area contributed by atoms with Gasteiger partial charge >= 0.3 is 0 Å². The van der Waals surface area contributed by atoms with Crippen LogP contribution in [0.25, 0.3) is 0 Å². The van der Waals surface area contributed by atoms with Crippen LogP contribution in [0, 0.1) is 5.92 Å². The largest absolute Gasteiger partial charge is 0.475 e. The van der Waals surface area contributed by atoms with E-state index in [9.17, 15) is 0 Å². The van der Waals surface area contributed by atoms with Crippen molar-refractivity contribution in [3.8, 4) is 5.88 Å². The van der Waals surface area contributed by atoms with Gasteiger partial charge in [-0.3, -0.25) is 0 Å². The van der Waals surface area contributed by atoms with Crippen LogP contribution in [0.15, 0.2) is 12.4 Å². The van der Waals surface area contributed by atoms with E-state index in [-0.39, 0.29) is 6.10 Å². The second kappa shape index (κ2) is 6.00. The zero-order valence-corrected chi connectivity index (χ0v) is 11.4. The van der Waals surface area contributed by atoms with Crippen molar-refractivity contribution in [1.82, 2.24) is 14.9 Å². The Labute approximate surface area is 109 Å². The number of likely N-dealkylation sites (tertiary alicyclic amines) is 1. The summed E-state index contributed by atoms with van der Waals surface area (Å²) in [5, 5.41) is 3.36. The third kappa shape index (κ3) is 3.84. The molecule has 1 aliphatic heterocycles. The van der Waals surface area contributed by atoms with Gasteiger partial charge in [-0.2, -0.15) is 0 Å². The number of anilines is 1. The van der Waals surface area contributed by atoms with E-state index in [1.165, 1.54) is 13.0 Å². The summed E-state index contributed by atoms with van der Waals surface area (Å²) in [5.41, 5.74) is 0. The van der Waals surface area contributed by atoms with Crippen molar-refractivity contribution in [3.05, 3.63) is 12.4 Å². The Kier molecular flexibility index (Phi) is 4.36. The fourth-order valence-electron chi connectivity index (χ4n) is 2.18. The molecule has 0 spiro atoms. The lowest BCUT2D eigenvalue weighted by Crippen LogP contribution is -2.19. The van der Waals surface area contributed by atoms with Crippen molar-refractivity contribution in [2.45, 2.75) is 26.4 Å². The summed E-state index contributed by atoms with van der Waals surface area (Å²) in [6.45, 7) is 7.29. The van der Waals surface area contributed by atoms with Crippen LogP contribution in [0.1, 0.15) is 20.3 Å². The molecule has 1 N–H and O–H groups in total. The smallest absolute Gasteiger partial charge is 0.218 e. The first-order chi connectivity index (χ1) is 8.63. The van der Waals surface area contributed by atoms with Gasteiger partial charge in [0.05, 0.1) is 6.10 Å². The van der Waals surface area contributed by atoms with Gasteiger partial charge in [0.25, 0.3) is 0 Å². The van der Waals surface area contributed by atoms with Crippen LogP contribution in [0.2, 0.25) is 0 Å². The van der Waals surface area contributed by atoms with E-state index in [0.717, 1.165) is 18.9 Å². The Morgan fingerprint density at radius 3 is 3.00 bits per heavy atom. The van der Waals surface area contributed by atoms with Crippen LogP contribution >= 0.6 is 0 Å². The van der Waals surface area contributed by atoms with Crippen molar-refractivity contribution in [2.24, 2.45) is 5.92 Å². The zero-order valence-electron chi connectivity index (χ0n) is 11.4. The van der Waals surface area contributed by atoms with Gasteiger partial charge in [0, 0.05) is 19.2 Å². The fourth-order valence-corrected chi connectivity index (χ4v) is 2.18. The fraction of sp³-hybridized carbons (Fsp3) is 0.692. The molecule has 100 valence electrons. The predicted molar refractivity (Wildman–Crippen MR) is 71.9 cm³/mol. The quantitative estimate of drug-likeness (QED) is 0.860. The Bertz CT molecular complexity index is 383. The zero-order chi connectivity index (χ0) is 13.0. The van der Waals surface area contributed by atoms with Gasteiger partial charge in [0.15, 0.2) is 0 Å². The van der Waals surface area contributed by atoms with E-state index in [1.54, 1.807) is 6.33 Å². The lowest BCUT2D eigenvalue weighted by molar-refractivity contribution is 0.232. The second-order valence-electron chi connectivity index (χ2n) is 5.21. The monoisotopic (exact) mass is 250 g/mol. The molecule has 1 aromatic heterocycles. The van der Waals surface area contributed by atoms with E-state index in [0.29, 0.717) is 11.8 Å². The molecule has 0 amide bonds. The highest BCUT2D eigenvalue weighted by Gasteiger charge is 2.19. The normalized spacial score (nSPS) is 20.3. The first-order valence-corrected chi connectivity index (χ1v) is 6.54. The molecule has 5 nitrogen and oxygen atoms in total. The van der Waals surface area contributed by atoms with E-state index >= 15 is 0 Å². The van der Waals surface area contributed by atoms with Crippen LogP contribution in [0.4, 0.5) is 5.82 Å². The summed E-state index contributed by atoms with van der Waals surface area (Å²) in [6, 6.07) is 1.86. The molecule has 0 bridgehead atoms. The first kappa shape index (κ1) is 13.1. The maximum Gasteiger partial charge on any atom is 0.218 e. The van der Waals surface area contributed by atoms with Crippen molar-refractivity contribution in [1.29, 1.82) is 0 Å². The minimum Gasteiger partial charge on any atom is -0.475 e. The Balaban J connectivity index is 1.85. The topological polar surface area (TPSA) is 50.3 Å². The average Bonchev–Trinajstić information content (AvgIpc) is 2.72. The van der Waals surface area contributed by atoms with Gasteiger partial charge in [-0.1, -0.05) is 0 Å². The van der Waals surface area contributed by atoms with Crippen molar-refractivity contribution >= 4 is 5.82 Å². The Morgan fingerprint density at radius 2 is 2.33 bits per heavy atom. The molecule has 0 saturated carbocycles. The molecule has 1 aliphatic rings. The summed E-state index contributed by atoms with van der Waals surface area (Å²) < 4.78 is 5.54. The molecule has 1 unspecified atom stereocenters.